The summed E-state index contributed by atoms with van der Waals surface area (Å²) in [6.45, 7) is 2.98. The molecule has 2 aliphatic rings. The molecule has 1 aromatic rings. The van der Waals surface area contributed by atoms with Crippen molar-refractivity contribution in [3.05, 3.63) is 28.2 Å². The molecule has 0 spiro atoms. The number of amides is 1. The maximum Gasteiger partial charge on any atom is 0.244 e. The van der Waals surface area contributed by atoms with Gasteiger partial charge in [-0.15, -0.1) is 0 Å². The Morgan fingerprint density at radius 2 is 2.15 bits per heavy atom. The lowest BCUT2D eigenvalue weighted by molar-refractivity contribution is -0.121. The Balaban J connectivity index is 1.82. The van der Waals surface area contributed by atoms with Gasteiger partial charge in [-0.05, 0) is 55.9 Å². The number of carbonyl (C=O) groups excluding carboxylic acids is 1. The zero-order chi connectivity index (χ0) is 14.1. The lowest BCUT2D eigenvalue weighted by Crippen LogP contribution is -2.51. The van der Waals surface area contributed by atoms with E-state index >= 15 is 0 Å². The van der Waals surface area contributed by atoms with Gasteiger partial charge in [0, 0.05) is 22.7 Å². The van der Waals surface area contributed by atoms with Crippen LogP contribution in [0.5, 0.6) is 0 Å². The smallest absolute Gasteiger partial charge is 0.244 e. The number of piperidine rings is 1. The summed E-state index contributed by atoms with van der Waals surface area (Å²) in [6.07, 6.45) is 5.45. The summed E-state index contributed by atoms with van der Waals surface area (Å²) in [5.41, 5.74) is 2.32. The first-order valence-electron chi connectivity index (χ1n) is 7.55. The third-order valence-electron chi connectivity index (χ3n) is 4.17. The van der Waals surface area contributed by atoms with E-state index in [-0.39, 0.29) is 11.9 Å². The number of carbonyl (C=O) groups is 1. The molecular weight excluding hydrogens is 316 g/mol. The highest BCUT2D eigenvalue weighted by Crippen LogP contribution is 2.29. The summed E-state index contributed by atoms with van der Waals surface area (Å²) < 4.78 is 1.08. The van der Waals surface area contributed by atoms with Gasteiger partial charge in [-0.2, -0.15) is 0 Å². The number of hydrogen-bond donors (Lipinski definition) is 1. The van der Waals surface area contributed by atoms with Crippen LogP contribution >= 0.6 is 15.9 Å². The first kappa shape index (κ1) is 14.1. The summed E-state index contributed by atoms with van der Waals surface area (Å²) in [4.78, 5) is 14.7. The maximum absolute atomic E-state index is 12.7. The second-order valence-corrected chi connectivity index (χ2v) is 6.67. The molecule has 1 N–H and O–H groups in total. The van der Waals surface area contributed by atoms with Gasteiger partial charge in [0.25, 0.3) is 0 Å². The molecule has 108 valence electrons. The van der Waals surface area contributed by atoms with Gasteiger partial charge in [-0.1, -0.05) is 22.9 Å². The van der Waals surface area contributed by atoms with Crippen LogP contribution in [0.4, 0.5) is 5.69 Å². The molecule has 1 saturated carbocycles. The molecule has 0 bridgehead atoms. The fourth-order valence-corrected chi connectivity index (χ4v) is 3.31. The average Bonchev–Trinajstić information content (AvgIpc) is 3.25. The van der Waals surface area contributed by atoms with Gasteiger partial charge in [0.1, 0.15) is 0 Å². The average molecular weight is 337 g/mol. The summed E-state index contributed by atoms with van der Waals surface area (Å²) in [5, 5.41) is 3.49. The zero-order valence-electron chi connectivity index (χ0n) is 11.9. The molecule has 3 nitrogen and oxygen atoms in total. The topological polar surface area (TPSA) is 32.3 Å². The van der Waals surface area contributed by atoms with Gasteiger partial charge in [0.2, 0.25) is 5.91 Å². The van der Waals surface area contributed by atoms with Crippen molar-refractivity contribution in [2.24, 2.45) is 0 Å². The van der Waals surface area contributed by atoms with E-state index in [2.05, 4.69) is 40.3 Å². The summed E-state index contributed by atoms with van der Waals surface area (Å²) in [7, 11) is 0. The van der Waals surface area contributed by atoms with Crippen LogP contribution in [0.3, 0.4) is 0 Å². The minimum Gasteiger partial charge on any atom is -0.311 e. The Kier molecular flexibility index (Phi) is 4.13. The van der Waals surface area contributed by atoms with E-state index < -0.39 is 0 Å². The predicted molar refractivity (Wildman–Crippen MR) is 85.1 cm³/mol. The summed E-state index contributed by atoms with van der Waals surface area (Å²) in [6, 6.07) is 6.82. The normalized spacial score (nSPS) is 23.2. The summed E-state index contributed by atoms with van der Waals surface area (Å²) in [5.74, 6) is 0.250. The minimum absolute atomic E-state index is 0.0182. The molecule has 1 aliphatic heterocycles. The van der Waals surface area contributed by atoms with E-state index in [0.29, 0.717) is 6.04 Å². The van der Waals surface area contributed by atoms with Gasteiger partial charge in [0.05, 0.1) is 6.04 Å². The number of nitrogens with one attached hydrogen (secondary N) is 1. The van der Waals surface area contributed by atoms with Gasteiger partial charge < -0.3 is 10.2 Å². The standard InChI is InChI=1S/C16H21BrN2O/c1-2-11-10-12(17)5-8-15(11)19-9-3-4-14(16(19)20)18-13-6-7-13/h5,8,10,13-14,18H,2-4,6-7,9H2,1H3. The van der Waals surface area contributed by atoms with Gasteiger partial charge in [0.15, 0.2) is 0 Å². The molecular formula is C16H21BrN2O. The van der Waals surface area contributed by atoms with Gasteiger partial charge in [-0.3, -0.25) is 4.79 Å². The quantitative estimate of drug-likeness (QED) is 0.915. The first-order valence-corrected chi connectivity index (χ1v) is 8.34. The zero-order valence-corrected chi connectivity index (χ0v) is 13.4. The molecule has 3 rings (SSSR count). The molecule has 1 atom stereocenters. The molecule has 1 saturated heterocycles. The molecule has 2 fully saturated rings. The third-order valence-corrected chi connectivity index (χ3v) is 4.66. The Labute approximate surface area is 128 Å². The molecule has 1 aliphatic carbocycles. The van der Waals surface area contributed by atoms with Crippen LogP contribution < -0.4 is 10.2 Å². The van der Waals surface area contributed by atoms with Crippen molar-refractivity contribution in [3.63, 3.8) is 0 Å². The molecule has 1 unspecified atom stereocenters. The van der Waals surface area contributed by atoms with E-state index in [1.807, 2.05) is 11.0 Å². The highest BCUT2D eigenvalue weighted by molar-refractivity contribution is 9.10. The fraction of sp³-hybridized carbons (Fsp3) is 0.562. The number of nitrogens with zero attached hydrogens (tertiary/aromatic N) is 1. The maximum atomic E-state index is 12.7. The number of anilines is 1. The molecule has 1 aromatic carbocycles. The summed E-state index contributed by atoms with van der Waals surface area (Å²) >= 11 is 3.51. The van der Waals surface area contributed by atoms with E-state index in [4.69, 9.17) is 0 Å². The Morgan fingerprint density at radius 3 is 2.85 bits per heavy atom. The van der Waals surface area contributed by atoms with Gasteiger partial charge >= 0.3 is 0 Å². The van der Waals surface area contributed by atoms with Crippen LogP contribution in [0.2, 0.25) is 0 Å². The molecule has 0 radical (unpaired) electrons. The second-order valence-electron chi connectivity index (χ2n) is 5.75. The Morgan fingerprint density at radius 1 is 1.35 bits per heavy atom. The SMILES string of the molecule is CCc1cc(Br)ccc1N1CCCC(NC2CC2)C1=O. The van der Waals surface area contributed by atoms with Crippen molar-refractivity contribution in [2.75, 3.05) is 11.4 Å². The Bertz CT molecular complexity index is 513. The van der Waals surface area contributed by atoms with Gasteiger partial charge in [-0.25, -0.2) is 0 Å². The number of benzene rings is 1. The van der Waals surface area contributed by atoms with Crippen LogP contribution in [0.25, 0.3) is 0 Å². The van der Waals surface area contributed by atoms with Crippen molar-refractivity contribution in [1.29, 1.82) is 0 Å². The first-order chi connectivity index (χ1) is 9.69. The van der Waals surface area contributed by atoms with E-state index in [1.165, 1.54) is 18.4 Å². The fourth-order valence-electron chi connectivity index (χ4n) is 2.90. The molecule has 0 aromatic heterocycles. The molecule has 1 heterocycles. The monoisotopic (exact) mass is 336 g/mol. The minimum atomic E-state index is 0.0182. The van der Waals surface area contributed by atoms with Crippen LogP contribution in [-0.2, 0) is 11.2 Å². The predicted octanol–water partition coefficient (Wildman–Crippen LogP) is 3.26. The third kappa shape index (κ3) is 2.91. The van der Waals surface area contributed by atoms with Crippen molar-refractivity contribution in [2.45, 2.75) is 51.1 Å². The second kappa shape index (κ2) is 5.86. The van der Waals surface area contributed by atoms with Crippen molar-refractivity contribution < 1.29 is 4.79 Å². The van der Waals surface area contributed by atoms with E-state index in [0.717, 1.165) is 36.0 Å². The highest BCUT2D eigenvalue weighted by Gasteiger charge is 2.34. The van der Waals surface area contributed by atoms with Crippen LogP contribution in [0, 0.1) is 0 Å². The van der Waals surface area contributed by atoms with Crippen LogP contribution in [0.1, 0.15) is 38.2 Å². The highest BCUT2D eigenvalue weighted by atomic mass is 79.9. The number of halogens is 1. The number of hydrogen-bond acceptors (Lipinski definition) is 2. The van der Waals surface area contributed by atoms with Crippen molar-refractivity contribution in [1.82, 2.24) is 5.32 Å². The van der Waals surface area contributed by atoms with E-state index in [1.54, 1.807) is 0 Å². The van der Waals surface area contributed by atoms with Crippen molar-refractivity contribution >= 4 is 27.5 Å². The molecule has 1 amide bonds. The number of aryl methyl sites for hydroxylation is 1. The lowest BCUT2D eigenvalue weighted by atomic mass is 10.0. The number of rotatable bonds is 4. The lowest BCUT2D eigenvalue weighted by Gasteiger charge is -2.34. The molecule has 20 heavy (non-hydrogen) atoms. The Hall–Kier alpha value is -0.870. The van der Waals surface area contributed by atoms with Crippen LogP contribution in [0.15, 0.2) is 22.7 Å². The van der Waals surface area contributed by atoms with E-state index in [9.17, 15) is 4.79 Å². The largest absolute Gasteiger partial charge is 0.311 e. The van der Waals surface area contributed by atoms with Crippen LogP contribution in [-0.4, -0.2) is 24.5 Å². The van der Waals surface area contributed by atoms with Crippen molar-refractivity contribution in [3.8, 4) is 0 Å². The molecule has 4 heteroatoms.